The lowest BCUT2D eigenvalue weighted by Crippen LogP contribution is -2.14. The van der Waals surface area contributed by atoms with Crippen LogP contribution in [-0.4, -0.2) is 19.2 Å². The second-order valence-corrected chi connectivity index (χ2v) is 3.78. The third kappa shape index (κ3) is 4.34. The number of rotatable bonds is 6. The van der Waals surface area contributed by atoms with Crippen LogP contribution in [0.3, 0.4) is 0 Å². The number of carbonyl (C=O) groups is 1. The summed E-state index contributed by atoms with van der Waals surface area (Å²) in [4.78, 5) is 11.4. The third-order valence-corrected chi connectivity index (χ3v) is 2.49. The van der Waals surface area contributed by atoms with Crippen LogP contribution in [0.25, 0.3) is 0 Å². The highest BCUT2D eigenvalue weighted by Gasteiger charge is 2.24. The Morgan fingerprint density at radius 1 is 1.33 bits per heavy atom. The van der Waals surface area contributed by atoms with Gasteiger partial charge in [0, 0.05) is 11.1 Å². The van der Waals surface area contributed by atoms with Crippen LogP contribution in [0, 0.1) is 11.3 Å². The van der Waals surface area contributed by atoms with E-state index in [0.29, 0.717) is 0 Å². The standard InChI is InChI=1S/C13H11F4NO3/c1-2-20-10(19)5-9-8(12(14)15)4-3-7(6-18)11(9)21-13(16)17/h3-4,12-13H,2,5H2,1H3. The summed E-state index contributed by atoms with van der Waals surface area (Å²) in [5, 5.41) is 8.84. The molecule has 0 atom stereocenters. The Hall–Kier alpha value is -2.30. The largest absolute Gasteiger partial charge is 0.466 e. The molecule has 0 radical (unpaired) electrons. The van der Waals surface area contributed by atoms with Crippen LogP contribution < -0.4 is 4.74 Å². The Labute approximate surface area is 117 Å². The van der Waals surface area contributed by atoms with Crippen LogP contribution >= 0.6 is 0 Å². The Kier molecular flexibility index (Phi) is 5.96. The highest BCUT2D eigenvalue weighted by Crippen LogP contribution is 2.34. The highest BCUT2D eigenvalue weighted by atomic mass is 19.3. The van der Waals surface area contributed by atoms with E-state index in [4.69, 9.17) is 5.26 Å². The van der Waals surface area contributed by atoms with Gasteiger partial charge in [-0.25, -0.2) is 8.78 Å². The topological polar surface area (TPSA) is 59.3 Å². The number of nitrogens with zero attached hydrogens (tertiary/aromatic N) is 1. The molecule has 1 aromatic carbocycles. The first-order valence-corrected chi connectivity index (χ1v) is 5.85. The quantitative estimate of drug-likeness (QED) is 0.598. The smallest absolute Gasteiger partial charge is 0.387 e. The normalized spacial score (nSPS) is 10.6. The SMILES string of the molecule is CCOC(=O)Cc1c(C(F)F)ccc(C#N)c1OC(F)F. The molecule has 0 aliphatic carbocycles. The summed E-state index contributed by atoms with van der Waals surface area (Å²) < 4.78 is 59.4. The first-order valence-electron chi connectivity index (χ1n) is 5.85. The second-order valence-electron chi connectivity index (χ2n) is 3.78. The van der Waals surface area contributed by atoms with E-state index in [9.17, 15) is 22.4 Å². The van der Waals surface area contributed by atoms with Gasteiger partial charge < -0.3 is 9.47 Å². The summed E-state index contributed by atoms with van der Waals surface area (Å²) in [5.74, 6) is -1.60. The van der Waals surface area contributed by atoms with Gasteiger partial charge in [-0.3, -0.25) is 4.79 Å². The van der Waals surface area contributed by atoms with Crippen molar-refractivity contribution in [1.29, 1.82) is 5.26 Å². The van der Waals surface area contributed by atoms with E-state index in [1.807, 2.05) is 0 Å². The molecule has 0 unspecified atom stereocenters. The Bertz CT molecular complexity index is 555. The number of benzene rings is 1. The van der Waals surface area contributed by atoms with Crippen molar-refractivity contribution in [2.75, 3.05) is 6.61 Å². The average Bonchev–Trinajstić information content (AvgIpc) is 2.39. The van der Waals surface area contributed by atoms with E-state index in [2.05, 4.69) is 9.47 Å². The molecule has 0 fully saturated rings. The molecule has 0 N–H and O–H groups in total. The van der Waals surface area contributed by atoms with Gasteiger partial charge in [-0.05, 0) is 13.0 Å². The maximum atomic E-state index is 12.9. The van der Waals surface area contributed by atoms with Gasteiger partial charge in [0.2, 0.25) is 0 Å². The maximum absolute atomic E-state index is 12.9. The van der Waals surface area contributed by atoms with Gasteiger partial charge in [0.05, 0.1) is 18.6 Å². The predicted octanol–water partition coefficient (Wildman–Crippen LogP) is 3.20. The van der Waals surface area contributed by atoms with Gasteiger partial charge in [0.15, 0.2) is 0 Å². The molecular weight excluding hydrogens is 294 g/mol. The molecule has 0 amide bonds. The summed E-state index contributed by atoms with van der Waals surface area (Å²) in [7, 11) is 0. The first-order chi connectivity index (χ1) is 9.90. The molecule has 1 rings (SSSR count). The molecule has 0 spiro atoms. The van der Waals surface area contributed by atoms with Crippen molar-refractivity contribution >= 4 is 5.97 Å². The van der Waals surface area contributed by atoms with Crippen molar-refractivity contribution in [3.8, 4) is 11.8 Å². The fourth-order valence-electron chi connectivity index (χ4n) is 1.70. The van der Waals surface area contributed by atoms with Crippen LogP contribution in [-0.2, 0) is 16.0 Å². The second kappa shape index (κ2) is 7.47. The van der Waals surface area contributed by atoms with Crippen LogP contribution in [0.15, 0.2) is 12.1 Å². The van der Waals surface area contributed by atoms with E-state index < -0.39 is 42.3 Å². The molecule has 0 saturated carbocycles. The summed E-state index contributed by atoms with van der Waals surface area (Å²) in [6, 6.07) is 3.39. The molecule has 4 nitrogen and oxygen atoms in total. The minimum Gasteiger partial charge on any atom is -0.466 e. The summed E-state index contributed by atoms with van der Waals surface area (Å²) in [6.45, 7) is -1.80. The van der Waals surface area contributed by atoms with Crippen molar-refractivity contribution in [2.24, 2.45) is 0 Å². The molecule has 114 valence electrons. The van der Waals surface area contributed by atoms with Crippen LogP contribution in [0.4, 0.5) is 17.6 Å². The Morgan fingerprint density at radius 2 is 2.00 bits per heavy atom. The summed E-state index contributed by atoms with van der Waals surface area (Å²) in [5.41, 5.74) is -1.49. The molecule has 0 aromatic heterocycles. The zero-order valence-electron chi connectivity index (χ0n) is 10.9. The molecule has 0 saturated heterocycles. The number of ether oxygens (including phenoxy) is 2. The lowest BCUT2D eigenvalue weighted by Gasteiger charge is -2.15. The van der Waals surface area contributed by atoms with E-state index >= 15 is 0 Å². The third-order valence-electron chi connectivity index (χ3n) is 2.49. The monoisotopic (exact) mass is 305 g/mol. The fraction of sp³-hybridized carbons (Fsp3) is 0.385. The zero-order valence-corrected chi connectivity index (χ0v) is 10.9. The van der Waals surface area contributed by atoms with Crippen molar-refractivity contribution in [3.05, 3.63) is 28.8 Å². The number of carbonyl (C=O) groups excluding carboxylic acids is 1. The maximum Gasteiger partial charge on any atom is 0.387 e. The molecule has 8 heteroatoms. The van der Waals surface area contributed by atoms with Crippen LogP contribution in [0.5, 0.6) is 5.75 Å². The summed E-state index contributed by atoms with van der Waals surface area (Å²) >= 11 is 0. The number of nitriles is 1. The number of alkyl halides is 4. The number of esters is 1. The molecular formula is C13H11F4NO3. The van der Waals surface area contributed by atoms with Crippen LogP contribution in [0.1, 0.15) is 30.0 Å². The number of halogens is 4. The lowest BCUT2D eigenvalue weighted by molar-refractivity contribution is -0.142. The van der Waals surface area contributed by atoms with Gasteiger partial charge >= 0.3 is 12.6 Å². The molecule has 0 bridgehead atoms. The highest BCUT2D eigenvalue weighted by molar-refractivity contribution is 5.75. The molecule has 0 heterocycles. The van der Waals surface area contributed by atoms with E-state index in [0.717, 1.165) is 12.1 Å². The Balaban J connectivity index is 3.37. The first kappa shape index (κ1) is 16.8. The predicted molar refractivity (Wildman–Crippen MR) is 63.1 cm³/mol. The van der Waals surface area contributed by atoms with E-state index in [1.165, 1.54) is 6.92 Å². The van der Waals surface area contributed by atoms with Gasteiger partial charge in [-0.15, -0.1) is 0 Å². The molecule has 0 aliphatic heterocycles. The zero-order chi connectivity index (χ0) is 16.0. The minimum absolute atomic E-state index is 0.00578. The fourth-order valence-corrected chi connectivity index (χ4v) is 1.70. The molecule has 0 aliphatic rings. The van der Waals surface area contributed by atoms with Crippen molar-refractivity contribution in [1.82, 2.24) is 0 Å². The van der Waals surface area contributed by atoms with Crippen LogP contribution in [0.2, 0.25) is 0 Å². The molecule has 21 heavy (non-hydrogen) atoms. The number of hydrogen-bond acceptors (Lipinski definition) is 4. The Morgan fingerprint density at radius 3 is 2.48 bits per heavy atom. The lowest BCUT2D eigenvalue weighted by atomic mass is 10.00. The van der Waals surface area contributed by atoms with Crippen molar-refractivity contribution in [3.63, 3.8) is 0 Å². The van der Waals surface area contributed by atoms with Gasteiger partial charge in [-0.2, -0.15) is 14.0 Å². The van der Waals surface area contributed by atoms with E-state index in [1.54, 1.807) is 6.07 Å². The number of hydrogen-bond donors (Lipinski definition) is 0. The van der Waals surface area contributed by atoms with Crippen molar-refractivity contribution in [2.45, 2.75) is 26.4 Å². The van der Waals surface area contributed by atoms with Gasteiger partial charge in [-0.1, -0.05) is 6.07 Å². The van der Waals surface area contributed by atoms with E-state index in [-0.39, 0.29) is 12.2 Å². The molecule has 1 aromatic rings. The average molecular weight is 305 g/mol. The van der Waals surface area contributed by atoms with Gasteiger partial charge in [0.25, 0.3) is 6.43 Å². The van der Waals surface area contributed by atoms with Crippen molar-refractivity contribution < 1.29 is 31.8 Å². The summed E-state index contributed by atoms with van der Waals surface area (Å²) in [6.07, 6.45) is -3.70. The van der Waals surface area contributed by atoms with Gasteiger partial charge in [0.1, 0.15) is 11.8 Å². The minimum atomic E-state index is -3.31.